The molecule has 1 aromatic carbocycles. The van der Waals surface area contributed by atoms with Crippen LogP contribution in [0, 0.1) is 0 Å². The van der Waals surface area contributed by atoms with Gasteiger partial charge in [0.15, 0.2) is 9.84 Å². The summed E-state index contributed by atoms with van der Waals surface area (Å²) in [6.45, 7) is 10.2. The Balaban J connectivity index is 2.14. The van der Waals surface area contributed by atoms with Crippen molar-refractivity contribution in [3.05, 3.63) is 23.8 Å². The van der Waals surface area contributed by atoms with E-state index in [4.69, 9.17) is 4.74 Å². The van der Waals surface area contributed by atoms with E-state index in [0.717, 1.165) is 26.2 Å². The molecule has 1 heterocycles. The van der Waals surface area contributed by atoms with Crippen LogP contribution in [-0.4, -0.2) is 82.3 Å². The fraction of sp³-hybridized carbons (Fsp3) is 0.632. The predicted octanol–water partition coefficient (Wildman–Crippen LogP) is 1.24. The Bertz CT molecular complexity index is 769. The summed E-state index contributed by atoms with van der Waals surface area (Å²) in [7, 11) is 0.180. The number of hydrogen-bond donors (Lipinski definition) is 1. The number of rotatable bonds is 7. The first kappa shape index (κ1) is 21.7. The SMILES string of the molecule is CCS(=O)(=O)c1ccc(OC)c(C(=O)NCC(C)(C)N2CCN(C)CC2)c1. The summed E-state index contributed by atoms with van der Waals surface area (Å²) in [4.78, 5) is 17.5. The summed E-state index contributed by atoms with van der Waals surface area (Å²) in [5, 5.41) is 2.95. The Morgan fingerprint density at radius 1 is 1.22 bits per heavy atom. The minimum atomic E-state index is -3.39. The van der Waals surface area contributed by atoms with Crippen molar-refractivity contribution in [2.75, 3.05) is 52.6 Å². The molecular weight excluding hydrogens is 366 g/mol. The maximum absolute atomic E-state index is 12.8. The molecule has 1 N–H and O–H groups in total. The topological polar surface area (TPSA) is 78.9 Å². The first-order valence-electron chi connectivity index (χ1n) is 9.23. The van der Waals surface area contributed by atoms with Crippen LogP contribution >= 0.6 is 0 Å². The van der Waals surface area contributed by atoms with E-state index in [2.05, 4.69) is 36.0 Å². The molecule has 0 bridgehead atoms. The van der Waals surface area contributed by atoms with E-state index >= 15 is 0 Å². The number of benzene rings is 1. The second-order valence-corrected chi connectivity index (χ2v) is 9.83. The molecule has 1 saturated heterocycles. The van der Waals surface area contributed by atoms with Gasteiger partial charge in [-0.1, -0.05) is 6.92 Å². The second-order valence-electron chi connectivity index (χ2n) is 7.55. The molecule has 0 radical (unpaired) electrons. The molecule has 0 saturated carbocycles. The van der Waals surface area contributed by atoms with Crippen molar-refractivity contribution in [3.8, 4) is 5.75 Å². The smallest absolute Gasteiger partial charge is 0.255 e. The lowest BCUT2D eigenvalue weighted by atomic mass is 10.0. The lowest BCUT2D eigenvalue weighted by Crippen LogP contribution is -2.57. The molecule has 27 heavy (non-hydrogen) atoms. The highest BCUT2D eigenvalue weighted by atomic mass is 32.2. The van der Waals surface area contributed by atoms with Gasteiger partial charge in [-0.15, -0.1) is 0 Å². The Morgan fingerprint density at radius 2 is 1.85 bits per heavy atom. The van der Waals surface area contributed by atoms with E-state index in [0.29, 0.717) is 12.3 Å². The van der Waals surface area contributed by atoms with Crippen LogP contribution in [0.15, 0.2) is 23.1 Å². The second kappa shape index (κ2) is 8.58. The zero-order valence-electron chi connectivity index (χ0n) is 16.9. The molecule has 1 fully saturated rings. The number of ether oxygens (including phenoxy) is 1. The number of hydrogen-bond acceptors (Lipinski definition) is 6. The maximum Gasteiger partial charge on any atom is 0.255 e. The van der Waals surface area contributed by atoms with Crippen LogP contribution in [0.2, 0.25) is 0 Å². The molecule has 7 nitrogen and oxygen atoms in total. The van der Waals surface area contributed by atoms with E-state index in [-0.39, 0.29) is 27.7 Å². The largest absolute Gasteiger partial charge is 0.496 e. The number of sulfone groups is 1. The lowest BCUT2D eigenvalue weighted by Gasteiger charge is -2.43. The van der Waals surface area contributed by atoms with Gasteiger partial charge in [0.25, 0.3) is 5.91 Å². The highest BCUT2D eigenvalue weighted by Crippen LogP contribution is 2.24. The third-order valence-corrected chi connectivity index (χ3v) is 6.93. The lowest BCUT2D eigenvalue weighted by molar-refractivity contribution is 0.0587. The van der Waals surface area contributed by atoms with Crippen molar-refractivity contribution in [2.45, 2.75) is 31.2 Å². The van der Waals surface area contributed by atoms with E-state index < -0.39 is 9.84 Å². The number of carbonyl (C=O) groups is 1. The first-order chi connectivity index (χ1) is 12.6. The van der Waals surface area contributed by atoms with Crippen molar-refractivity contribution in [1.29, 1.82) is 0 Å². The third kappa shape index (κ3) is 5.21. The van der Waals surface area contributed by atoms with Crippen molar-refractivity contribution in [2.24, 2.45) is 0 Å². The molecule has 1 aromatic rings. The highest BCUT2D eigenvalue weighted by Gasteiger charge is 2.30. The van der Waals surface area contributed by atoms with Crippen molar-refractivity contribution in [1.82, 2.24) is 15.1 Å². The van der Waals surface area contributed by atoms with E-state index in [9.17, 15) is 13.2 Å². The average Bonchev–Trinajstić information content (AvgIpc) is 2.66. The molecule has 0 aromatic heterocycles. The van der Waals surface area contributed by atoms with Gasteiger partial charge in [0.1, 0.15) is 5.75 Å². The van der Waals surface area contributed by atoms with Gasteiger partial charge in [-0.2, -0.15) is 0 Å². The van der Waals surface area contributed by atoms with Gasteiger partial charge in [0, 0.05) is 38.3 Å². The van der Waals surface area contributed by atoms with Gasteiger partial charge < -0.3 is 15.0 Å². The minimum absolute atomic E-state index is 0.0170. The van der Waals surface area contributed by atoms with Crippen molar-refractivity contribution >= 4 is 15.7 Å². The van der Waals surface area contributed by atoms with Gasteiger partial charge in [-0.05, 0) is 39.1 Å². The summed E-state index contributed by atoms with van der Waals surface area (Å²) < 4.78 is 29.5. The summed E-state index contributed by atoms with van der Waals surface area (Å²) in [5.41, 5.74) is 0.0401. The number of amides is 1. The predicted molar refractivity (Wildman–Crippen MR) is 106 cm³/mol. The van der Waals surface area contributed by atoms with Crippen LogP contribution in [0.1, 0.15) is 31.1 Å². The summed E-state index contributed by atoms with van der Waals surface area (Å²) >= 11 is 0. The van der Waals surface area contributed by atoms with Crippen LogP contribution in [0.25, 0.3) is 0 Å². The van der Waals surface area contributed by atoms with Crippen molar-refractivity contribution < 1.29 is 17.9 Å². The van der Waals surface area contributed by atoms with Gasteiger partial charge in [-0.25, -0.2) is 8.42 Å². The van der Waals surface area contributed by atoms with Gasteiger partial charge in [-0.3, -0.25) is 9.69 Å². The third-order valence-electron chi connectivity index (χ3n) is 5.20. The van der Waals surface area contributed by atoms with E-state index in [1.54, 1.807) is 6.92 Å². The van der Waals surface area contributed by atoms with Crippen LogP contribution in [-0.2, 0) is 9.84 Å². The minimum Gasteiger partial charge on any atom is -0.496 e. The Labute approximate surface area is 162 Å². The number of carbonyl (C=O) groups excluding carboxylic acids is 1. The average molecular weight is 398 g/mol. The van der Waals surface area contributed by atoms with Crippen LogP contribution in [0.4, 0.5) is 0 Å². The molecular formula is C19H31N3O4S. The van der Waals surface area contributed by atoms with Crippen LogP contribution in [0.3, 0.4) is 0 Å². The fourth-order valence-corrected chi connectivity index (χ4v) is 4.05. The molecule has 0 aliphatic carbocycles. The summed E-state index contributed by atoms with van der Waals surface area (Å²) in [6, 6.07) is 4.40. The Kier molecular flexibility index (Phi) is 6.88. The van der Waals surface area contributed by atoms with Gasteiger partial charge >= 0.3 is 0 Å². The van der Waals surface area contributed by atoms with E-state index in [1.807, 2.05) is 0 Å². The highest BCUT2D eigenvalue weighted by molar-refractivity contribution is 7.91. The number of nitrogens with zero attached hydrogens (tertiary/aromatic N) is 2. The molecule has 0 spiro atoms. The zero-order chi connectivity index (χ0) is 20.2. The standard InChI is InChI=1S/C19H31N3O4S/c1-6-27(24,25)15-7-8-17(26-5)16(13-15)18(23)20-14-19(2,3)22-11-9-21(4)10-12-22/h7-8,13H,6,9-12,14H2,1-5H3,(H,20,23). The monoisotopic (exact) mass is 397 g/mol. The van der Waals surface area contributed by atoms with Gasteiger partial charge in [0.2, 0.25) is 0 Å². The van der Waals surface area contributed by atoms with Crippen LogP contribution < -0.4 is 10.1 Å². The fourth-order valence-electron chi connectivity index (χ4n) is 3.14. The molecule has 152 valence electrons. The summed E-state index contributed by atoms with van der Waals surface area (Å²) in [5.74, 6) is 0.0127. The molecule has 0 unspecified atom stereocenters. The molecule has 1 aliphatic heterocycles. The molecule has 0 atom stereocenters. The number of nitrogens with one attached hydrogen (secondary N) is 1. The van der Waals surface area contributed by atoms with Crippen LogP contribution in [0.5, 0.6) is 5.75 Å². The normalized spacial score (nSPS) is 16.9. The van der Waals surface area contributed by atoms with E-state index in [1.165, 1.54) is 25.3 Å². The summed E-state index contributed by atoms with van der Waals surface area (Å²) in [6.07, 6.45) is 0. The first-order valence-corrected chi connectivity index (χ1v) is 10.9. The molecule has 2 rings (SSSR count). The number of likely N-dealkylation sites (N-methyl/N-ethyl adjacent to an activating group) is 1. The Morgan fingerprint density at radius 3 is 2.41 bits per heavy atom. The maximum atomic E-state index is 12.8. The number of piperazine rings is 1. The quantitative estimate of drug-likeness (QED) is 0.746. The molecule has 1 amide bonds. The van der Waals surface area contributed by atoms with Crippen molar-refractivity contribution in [3.63, 3.8) is 0 Å². The molecule has 8 heteroatoms. The van der Waals surface area contributed by atoms with Gasteiger partial charge in [0.05, 0.1) is 23.3 Å². The molecule has 1 aliphatic rings. The zero-order valence-corrected chi connectivity index (χ0v) is 17.7. The number of methoxy groups -OCH3 is 1. The Hall–Kier alpha value is -1.64.